The minimum Gasteiger partial charge on any atom is -0.364 e. The average molecular weight is 454 g/mol. The first-order valence-corrected chi connectivity index (χ1v) is 11.1. The van der Waals surface area contributed by atoms with Gasteiger partial charge in [0.15, 0.2) is 5.82 Å². The van der Waals surface area contributed by atoms with E-state index in [2.05, 4.69) is 15.5 Å². The van der Waals surface area contributed by atoms with Crippen LogP contribution in [-0.4, -0.2) is 22.6 Å². The molecule has 8 heteroatoms. The number of aryl methyl sites for hydroxylation is 1. The van der Waals surface area contributed by atoms with Gasteiger partial charge in [0.25, 0.3) is 6.43 Å². The van der Waals surface area contributed by atoms with Crippen molar-refractivity contribution < 1.29 is 18.0 Å². The molecule has 5 nitrogen and oxygen atoms in total. The molecule has 0 bridgehead atoms. The molecule has 172 valence electrons. The van der Waals surface area contributed by atoms with Crippen molar-refractivity contribution in [3.8, 4) is 0 Å². The Bertz CT molecular complexity index is 1270. The molecule has 3 aromatic rings. The second-order valence-electron chi connectivity index (χ2n) is 9.51. The molecule has 2 aromatic carbocycles. The Morgan fingerprint density at radius 3 is 2.64 bits per heavy atom. The molecular formula is C25H25F3N4O. The van der Waals surface area contributed by atoms with E-state index in [-0.39, 0.29) is 18.0 Å². The normalized spacial score (nSPS) is 17.2. The number of amides is 1. The van der Waals surface area contributed by atoms with E-state index >= 15 is 0 Å². The highest BCUT2D eigenvalue weighted by Gasteiger charge is 2.45. The number of aromatic nitrogens is 2. The van der Waals surface area contributed by atoms with Gasteiger partial charge in [-0.25, -0.2) is 13.2 Å². The zero-order valence-corrected chi connectivity index (χ0v) is 18.8. The van der Waals surface area contributed by atoms with E-state index < -0.39 is 23.2 Å². The van der Waals surface area contributed by atoms with Crippen LogP contribution in [0.15, 0.2) is 30.3 Å². The summed E-state index contributed by atoms with van der Waals surface area (Å²) in [7, 11) is 0. The van der Waals surface area contributed by atoms with Gasteiger partial charge in [0.1, 0.15) is 5.82 Å². The molecule has 1 N–H and O–H groups in total. The maximum Gasteiger partial charge on any atom is 0.266 e. The molecule has 0 radical (unpaired) electrons. The number of carbonyl (C=O) groups is 1. The Kier molecular flexibility index (Phi) is 5.06. The summed E-state index contributed by atoms with van der Waals surface area (Å²) in [5, 5.41) is 13.2. The third-order valence-corrected chi connectivity index (χ3v) is 6.75. The molecule has 2 aliphatic rings. The third-order valence-electron chi connectivity index (χ3n) is 6.75. The number of rotatable bonds is 6. The van der Waals surface area contributed by atoms with Crippen LogP contribution in [0.2, 0.25) is 0 Å². The number of alkyl halides is 2. The second-order valence-corrected chi connectivity index (χ2v) is 9.51. The number of benzene rings is 2. The number of hydrogen-bond acceptors (Lipinski definition) is 4. The summed E-state index contributed by atoms with van der Waals surface area (Å²) in [6.45, 7) is 6.41. The van der Waals surface area contributed by atoms with Gasteiger partial charge in [0.05, 0.1) is 16.7 Å². The minimum absolute atomic E-state index is 0.0213. The van der Waals surface area contributed by atoms with Gasteiger partial charge in [-0.05, 0) is 57.2 Å². The van der Waals surface area contributed by atoms with E-state index in [1.54, 1.807) is 0 Å². The lowest BCUT2D eigenvalue weighted by Gasteiger charge is -2.20. The Morgan fingerprint density at radius 1 is 1.18 bits per heavy atom. The Morgan fingerprint density at radius 2 is 1.94 bits per heavy atom. The summed E-state index contributed by atoms with van der Waals surface area (Å²) in [4.78, 5) is 15.1. The van der Waals surface area contributed by atoms with Crippen LogP contribution in [0.1, 0.15) is 55.5 Å². The Hall–Kier alpha value is -3.16. The van der Waals surface area contributed by atoms with Crippen LogP contribution in [0.3, 0.4) is 0 Å². The third kappa shape index (κ3) is 3.61. The summed E-state index contributed by atoms with van der Waals surface area (Å²) < 4.78 is 40.6. The molecule has 0 atom stereocenters. The van der Waals surface area contributed by atoms with Crippen LogP contribution in [0.5, 0.6) is 0 Å². The highest BCUT2D eigenvalue weighted by molar-refractivity contribution is 6.11. The number of nitrogens with zero attached hydrogens (tertiary/aromatic N) is 3. The lowest BCUT2D eigenvalue weighted by Crippen LogP contribution is -2.37. The quantitative estimate of drug-likeness (QED) is 0.522. The highest BCUT2D eigenvalue weighted by Crippen LogP contribution is 2.46. The molecule has 0 spiro atoms. The van der Waals surface area contributed by atoms with Crippen molar-refractivity contribution in [2.75, 3.05) is 16.8 Å². The molecular weight excluding hydrogens is 429 g/mol. The predicted molar refractivity (Wildman–Crippen MR) is 121 cm³/mol. The summed E-state index contributed by atoms with van der Waals surface area (Å²) in [6, 6.07) is 7.92. The van der Waals surface area contributed by atoms with E-state index in [9.17, 15) is 18.0 Å². The number of carbonyl (C=O) groups excluding carboxylic acids is 1. The summed E-state index contributed by atoms with van der Waals surface area (Å²) in [6.07, 6.45) is -0.618. The van der Waals surface area contributed by atoms with Crippen LogP contribution >= 0.6 is 0 Å². The lowest BCUT2D eigenvalue weighted by atomic mass is 9.85. The first kappa shape index (κ1) is 21.7. The van der Waals surface area contributed by atoms with E-state index in [1.165, 1.54) is 12.1 Å². The summed E-state index contributed by atoms with van der Waals surface area (Å²) >= 11 is 0. The van der Waals surface area contributed by atoms with Gasteiger partial charge in [-0.1, -0.05) is 18.2 Å². The molecule has 1 fully saturated rings. The van der Waals surface area contributed by atoms with Crippen LogP contribution in [-0.2, 0) is 16.8 Å². The van der Waals surface area contributed by atoms with Crippen LogP contribution < -0.4 is 10.2 Å². The van der Waals surface area contributed by atoms with Gasteiger partial charge in [-0.2, -0.15) is 5.10 Å². The number of anilines is 2. The Balaban J connectivity index is 1.55. The van der Waals surface area contributed by atoms with Crippen LogP contribution in [0.25, 0.3) is 10.8 Å². The number of fused-ring (bicyclic) bond motifs is 2. The summed E-state index contributed by atoms with van der Waals surface area (Å²) in [5.41, 5.74) is 1.40. The number of hydrogen-bond donors (Lipinski definition) is 1. The van der Waals surface area contributed by atoms with Crippen molar-refractivity contribution in [2.24, 2.45) is 5.92 Å². The van der Waals surface area contributed by atoms with Gasteiger partial charge in [0, 0.05) is 35.1 Å². The fraction of sp³-hybridized carbons (Fsp3) is 0.400. The second kappa shape index (κ2) is 7.71. The van der Waals surface area contributed by atoms with E-state index in [0.717, 1.165) is 40.9 Å². The smallest absolute Gasteiger partial charge is 0.266 e. The molecule has 1 aliphatic heterocycles. The number of halogens is 3. The first-order valence-electron chi connectivity index (χ1n) is 11.1. The topological polar surface area (TPSA) is 58.1 Å². The predicted octanol–water partition coefficient (Wildman–Crippen LogP) is 5.66. The molecule has 0 unspecified atom stereocenters. The maximum absolute atomic E-state index is 14.5. The largest absolute Gasteiger partial charge is 0.364 e. The monoisotopic (exact) mass is 454 g/mol. The standard InChI is InChI=1S/C25H25F3N4O/c1-13-17-9-19-20(32(12-14-7-8-14)24(33)25(19,2)3)10-18(17)23(31-30-13)29-11-15-5-4-6-16(21(15)26)22(27)28/h4-6,9-10,14,22H,7-8,11-12H2,1-3H3,(H,29,31). The molecule has 1 saturated carbocycles. The van der Waals surface area contributed by atoms with Crippen molar-refractivity contribution in [1.29, 1.82) is 0 Å². The van der Waals surface area contributed by atoms with Crippen molar-refractivity contribution in [3.05, 3.63) is 58.5 Å². The maximum atomic E-state index is 14.5. The molecule has 1 amide bonds. The molecule has 33 heavy (non-hydrogen) atoms. The van der Waals surface area contributed by atoms with Gasteiger partial charge >= 0.3 is 0 Å². The van der Waals surface area contributed by atoms with E-state index in [1.807, 2.05) is 37.8 Å². The fourth-order valence-corrected chi connectivity index (χ4v) is 4.56. The van der Waals surface area contributed by atoms with Crippen molar-refractivity contribution in [2.45, 2.75) is 52.0 Å². The van der Waals surface area contributed by atoms with Crippen molar-refractivity contribution in [1.82, 2.24) is 10.2 Å². The van der Waals surface area contributed by atoms with Crippen molar-refractivity contribution >= 4 is 28.2 Å². The van der Waals surface area contributed by atoms with Gasteiger partial charge in [-0.3, -0.25) is 4.79 Å². The molecule has 5 rings (SSSR count). The Labute approximate surface area is 190 Å². The van der Waals surface area contributed by atoms with Crippen LogP contribution in [0.4, 0.5) is 24.7 Å². The SMILES string of the molecule is Cc1nnc(NCc2cccc(C(F)F)c2F)c2cc3c(cc12)C(C)(C)C(=O)N3CC1CC1. The molecule has 2 heterocycles. The van der Waals surface area contributed by atoms with Gasteiger partial charge in [-0.15, -0.1) is 5.10 Å². The van der Waals surface area contributed by atoms with Crippen LogP contribution in [0, 0.1) is 18.7 Å². The molecule has 0 saturated heterocycles. The highest BCUT2D eigenvalue weighted by atomic mass is 19.3. The molecule has 1 aliphatic carbocycles. The van der Waals surface area contributed by atoms with Crippen molar-refractivity contribution in [3.63, 3.8) is 0 Å². The van der Waals surface area contributed by atoms with E-state index in [4.69, 9.17) is 0 Å². The van der Waals surface area contributed by atoms with E-state index in [0.29, 0.717) is 24.0 Å². The summed E-state index contributed by atoms with van der Waals surface area (Å²) in [5.74, 6) is 0.113. The zero-order valence-electron chi connectivity index (χ0n) is 18.8. The molecule has 1 aromatic heterocycles. The average Bonchev–Trinajstić information content (AvgIpc) is 3.58. The zero-order chi connectivity index (χ0) is 23.5. The van der Waals surface area contributed by atoms with Gasteiger partial charge in [0.2, 0.25) is 5.91 Å². The lowest BCUT2D eigenvalue weighted by molar-refractivity contribution is -0.122. The van der Waals surface area contributed by atoms with Gasteiger partial charge < -0.3 is 10.2 Å². The first-order chi connectivity index (χ1) is 15.7. The minimum atomic E-state index is -2.88. The number of nitrogens with one attached hydrogen (secondary N) is 1. The fourth-order valence-electron chi connectivity index (χ4n) is 4.56.